The van der Waals surface area contributed by atoms with Crippen molar-refractivity contribution >= 4 is 22.1 Å². The summed E-state index contributed by atoms with van der Waals surface area (Å²) in [4.78, 5) is 8.98. The van der Waals surface area contributed by atoms with Gasteiger partial charge in [-0.1, -0.05) is 36.4 Å². The van der Waals surface area contributed by atoms with Crippen LogP contribution in [0, 0.1) is 0 Å². The van der Waals surface area contributed by atoms with Crippen molar-refractivity contribution in [2.24, 2.45) is 0 Å². The Morgan fingerprint density at radius 1 is 0.864 bits per heavy atom. The van der Waals surface area contributed by atoms with Gasteiger partial charge in [-0.25, -0.2) is 4.98 Å². The van der Waals surface area contributed by atoms with Crippen molar-refractivity contribution in [2.45, 2.75) is 0 Å². The maximum absolute atomic E-state index is 10.3. The van der Waals surface area contributed by atoms with Crippen LogP contribution in [0.4, 0.5) is 0 Å². The van der Waals surface area contributed by atoms with E-state index in [9.17, 15) is 5.11 Å². The van der Waals surface area contributed by atoms with Gasteiger partial charge in [0.2, 0.25) is 0 Å². The molecule has 0 amide bonds. The second-order valence-corrected chi connectivity index (χ2v) is 5.79. The average Bonchev–Trinajstić information content (AvgIpc) is 3.05. The van der Waals surface area contributed by atoms with E-state index in [0.29, 0.717) is 0 Å². The van der Waals surface area contributed by atoms with E-state index in [1.165, 1.54) is 11.3 Å². The first-order valence-corrected chi connectivity index (χ1v) is 7.79. The Morgan fingerprint density at radius 2 is 1.73 bits per heavy atom. The smallest absolute Gasteiger partial charge is 0.128 e. The molecule has 0 spiro atoms. The minimum atomic E-state index is 0.251. The van der Waals surface area contributed by atoms with Crippen molar-refractivity contribution in [3.63, 3.8) is 0 Å². The minimum absolute atomic E-state index is 0.251. The number of benzene rings is 2. The van der Waals surface area contributed by atoms with Gasteiger partial charge in [0.25, 0.3) is 0 Å². The lowest BCUT2D eigenvalue weighted by Crippen LogP contribution is -1.84. The third-order valence-corrected chi connectivity index (χ3v) is 4.41. The molecule has 0 unspecified atom stereocenters. The molecule has 0 saturated heterocycles. The number of nitrogens with zero attached hydrogens (tertiary/aromatic N) is 2. The maximum atomic E-state index is 10.3. The molecule has 0 saturated carbocycles. The zero-order valence-corrected chi connectivity index (χ0v) is 12.4. The van der Waals surface area contributed by atoms with Gasteiger partial charge in [0.1, 0.15) is 16.5 Å². The molecule has 0 aliphatic rings. The van der Waals surface area contributed by atoms with Crippen LogP contribution in [0.25, 0.3) is 32.7 Å². The Bertz CT molecular complexity index is 948. The number of fused-ring (bicyclic) bond motifs is 1. The van der Waals surface area contributed by atoms with Gasteiger partial charge in [-0.15, -0.1) is 11.3 Å². The number of thiazole rings is 1. The normalized spacial score (nSPS) is 10.9. The predicted molar refractivity (Wildman–Crippen MR) is 90.0 cm³/mol. The number of rotatable bonds is 2. The predicted octanol–water partition coefficient (Wildman–Crippen LogP) is 4.73. The van der Waals surface area contributed by atoms with E-state index in [0.717, 1.165) is 32.7 Å². The average molecular weight is 304 g/mol. The van der Waals surface area contributed by atoms with Crippen LogP contribution in [-0.4, -0.2) is 15.1 Å². The van der Waals surface area contributed by atoms with Crippen LogP contribution < -0.4 is 0 Å². The Morgan fingerprint density at radius 3 is 2.59 bits per heavy atom. The first-order chi connectivity index (χ1) is 10.8. The van der Waals surface area contributed by atoms with Gasteiger partial charge in [-0.3, -0.25) is 4.98 Å². The molecule has 0 aliphatic heterocycles. The fourth-order valence-corrected chi connectivity index (χ4v) is 3.39. The monoisotopic (exact) mass is 304 g/mol. The molecular formula is C18H12N2OS. The first-order valence-electron chi connectivity index (χ1n) is 6.91. The van der Waals surface area contributed by atoms with E-state index < -0.39 is 0 Å². The topological polar surface area (TPSA) is 46.0 Å². The number of phenolic OH excluding ortho intramolecular Hbond substituents is 1. The van der Waals surface area contributed by atoms with Gasteiger partial charge >= 0.3 is 0 Å². The summed E-state index contributed by atoms with van der Waals surface area (Å²) >= 11 is 1.52. The largest absolute Gasteiger partial charge is 0.507 e. The third-order valence-electron chi connectivity index (χ3n) is 3.55. The summed E-state index contributed by atoms with van der Waals surface area (Å²) in [6, 6.07) is 17.4. The number of hydrogen-bond acceptors (Lipinski definition) is 4. The lowest BCUT2D eigenvalue weighted by atomic mass is 10.0. The molecular weight excluding hydrogens is 292 g/mol. The summed E-state index contributed by atoms with van der Waals surface area (Å²) in [6.07, 6.45) is 1.75. The highest BCUT2D eigenvalue weighted by atomic mass is 32.1. The second kappa shape index (κ2) is 5.24. The molecule has 2 aromatic carbocycles. The Labute approximate surface area is 131 Å². The summed E-state index contributed by atoms with van der Waals surface area (Å²) in [7, 11) is 0. The quantitative estimate of drug-likeness (QED) is 0.582. The molecule has 2 aromatic heterocycles. The van der Waals surface area contributed by atoms with Crippen molar-refractivity contribution in [3.8, 4) is 27.7 Å². The maximum Gasteiger partial charge on any atom is 0.128 e. The second-order valence-electron chi connectivity index (χ2n) is 4.93. The summed E-state index contributed by atoms with van der Waals surface area (Å²) in [5.41, 5.74) is 2.45. The van der Waals surface area contributed by atoms with E-state index in [1.54, 1.807) is 12.3 Å². The van der Waals surface area contributed by atoms with Gasteiger partial charge in [0.05, 0.1) is 11.3 Å². The van der Waals surface area contributed by atoms with Crippen LogP contribution in [0.5, 0.6) is 5.75 Å². The van der Waals surface area contributed by atoms with Crippen molar-refractivity contribution in [2.75, 3.05) is 0 Å². The fraction of sp³-hybridized carbons (Fsp3) is 0. The summed E-state index contributed by atoms with van der Waals surface area (Å²) < 4.78 is 0. The molecule has 0 aliphatic carbocycles. The zero-order valence-electron chi connectivity index (χ0n) is 11.6. The molecule has 4 heteroatoms. The lowest BCUT2D eigenvalue weighted by Gasteiger charge is -2.06. The molecule has 0 bridgehead atoms. The van der Waals surface area contributed by atoms with Crippen molar-refractivity contribution in [1.29, 1.82) is 0 Å². The summed E-state index contributed by atoms with van der Waals surface area (Å²) in [6.45, 7) is 0. The fourth-order valence-electron chi connectivity index (χ4n) is 2.51. The highest BCUT2D eigenvalue weighted by molar-refractivity contribution is 7.13. The van der Waals surface area contributed by atoms with Crippen LogP contribution in [0.2, 0.25) is 0 Å². The zero-order chi connectivity index (χ0) is 14.9. The van der Waals surface area contributed by atoms with E-state index in [4.69, 9.17) is 0 Å². The molecule has 0 atom stereocenters. The lowest BCUT2D eigenvalue weighted by molar-refractivity contribution is 0.478. The molecule has 4 rings (SSSR count). The summed E-state index contributed by atoms with van der Waals surface area (Å²) in [5, 5.41) is 15.2. The molecule has 1 N–H and O–H groups in total. The third kappa shape index (κ3) is 2.14. The highest BCUT2D eigenvalue weighted by Crippen LogP contribution is 2.38. The van der Waals surface area contributed by atoms with E-state index in [2.05, 4.69) is 9.97 Å². The molecule has 0 radical (unpaired) electrons. The molecule has 4 aromatic rings. The number of aromatic hydroxyl groups is 1. The number of pyridine rings is 1. The van der Waals surface area contributed by atoms with Gasteiger partial charge in [0, 0.05) is 11.6 Å². The van der Waals surface area contributed by atoms with Gasteiger partial charge in [-0.2, -0.15) is 0 Å². The minimum Gasteiger partial charge on any atom is -0.507 e. The number of aromatic nitrogens is 2. The number of hydrogen-bond donors (Lipinski definition) is 1. The molecule has 22 heavy (non-hydrogen) atoms. The van der Waals surface area contributed by atoms with Crippen molar-refractivity contribution in [3.05, 3.63) is 66.2 Å². The Hall–Kier alpha value is -2.72. The molecule has 2 heterocycles. The number of phenols is 1. The molecule has 3 nitrogen and oxygen atoms in total. The highest BCUT2D eigenvalue weighted by Gasteiger charge is 2.14. The molecule has 106 valence electrons. The van der Waals surface area contributed by atoms with E-state index in [1.807, 2.05) is 53.9 Å². The Kier molecular flexibility index (Phi) is 3.09. The van der Waals surface area contributed by atoms with Crippen LogP contribution in [0.15, 0.2) is 66.2 Å². The van der Waals surface area contributed by atoms with Gasteiger partial charge < -0.3 is 5.11 Å². The summed E-state index contributed by atoms with van der Waals surface area (Å²) in [5.74, 6) is 0.251. The Balaban J connectivity index is 1.90. The van der Waals surface area contributed by atoms with Crippen LogP contribution in [-0.2, 0) is 0 Å². The van der Waals surface area contributed by atoms with E-state index in [-0.39, 0.29) is 5.75 Å². The standard InChI is InChI=1S/C18H12N2OS/c21-16-9-8-12-5-1-2-6-13(12)17(16)18-20-15(11-22-18)14-7-3-4-10-19-14/h1-11,21H. The molecule has 0 fully saturated rings. The van der Waals surface area contributed by atoms with Crippen LogP contribution in [0.3, 0.4) is 0 Å². The first kappa shape index (κ1) is 13.0. The van der Waals surface area contributed by atoms with Gasteiger partial charge in [0.15, 0.2) is 0 Å². The van der Waals surface area contributed by atoms with Gasteiger partial charge in [-0.05, 0) is 29.0 Å². The van der Waals surface area contributed by atoms with Crippen molar-refractivity contribution in [1.82, 2.24) is 9.97 Å². The van der Waals surface area contributed by atoms with Crippen molar-refractivity contribution < 1.29 is 5.11 Å². The SMILES string of the molecule is Oc1ccc2ccccc2c1-c1nc(-c2ccccn2)cs1. The van der Waals surface area contributed by atoms with Crippen LogP contribution in [0.1, 0.15) is 0 Å². The van der Waals surface area contributed by atoms with Crippen LogP contribution >= 0.6 is 11.3 Å². The van der Waals surface area contributed by atoms with E-state index >= 15 is 0 Å².